The maximum atomic E-state index is 13.6. The molecule has 3 aromatic rings. The van der Waals surface area contributed by atoms with E-state index >= 15 is 0 Å². The fraction of sp³-hybridized carbons (Fsp3) is 0.500. The number of unbranched alkanes of at least 4 members (excludes halogenated alkanes) is 11. The summed E-state index contributed by atoms with van der Waals surface area (Å²) in [5.74, 6) is 0.821. The van der Waals surface area contributed by atoms with Gasteiger partial charge < -0.3 is 9.64 Å². The Morgan fingerprint density at radius 2 is 1.49 bits per heavy atom. The summed E-state index contributed by atoms with van der Waals surface area (Å²) in [5, 5.41) is 0.472. The fourth-order valence-electron chi connectivity index (χ4n) is 5.24. The zero-order chi connectivity index (χ0) is 29.3. The predicted molar refractivity (Wildman–Crippen MR) is 170 cm³/mol. The number of hydrogen-bond acceptors (Lipinski definition) is 2. The lowest BCUT2D eigenvalue weighted by Gasteiger charge is -2.24. The Morgan fingerprint density at radius 3 is 2.12 bits per heavy atom. The SMILES string of the molecule is CCCCCCCCCCCCCCOc1ccc(CN(Cc2ccc[n+](C)c2)C(=O)c2ccccc2Cl)c(C)c1. The lowest BCUT2D eigenvalue weighted by molar-refractivity contribution is -0.672. The summed E-state index contributed by atoms with van der Waals surface area (Å²) < 4.78 is 8.08. The normalized spacial score (nSPS) is 11.0. The first-order chi connectivity index (χ1) is 20.0. The summed E-state index contributed by atoms with van der Waals surface area (Å²) in [7, 11) is 1.99. The third-order valence-corrected chi connectivity index (χ3v) is 8.04. The molecule has 5 heteroatoms. The highest BCUT2D eigenvalue weighted by Gasteiger charge is 2.20. The van der Waals surface area contributed by atoms with Gasteiger partial charge in [-0.3, -0.25) is 4.79 Å². The monoisotopic (exact) mass is 577 g/mol. The second-order valence-corrected chi connectivity index (χ2v) is 11.8. The molecule has 0 N–H and O–H groups in total. The number of nitrogens with zero attached hydrogens (tertiary/aromatic N) is 2. The standard InChI is InChI=1S/C36H50ClN2O2/c1-4-5-6-7-8-9-10-11-12-13-14-17-25-41-33-23-22-32(30(2)26-33)29-39(28-31-19-18-24-38(3)27-31)36(40)34-20-15-16-21-35(34)37/h15-16,18-24,26-27H,4-14,17,25,28-29H2,1-3H3/q+1. The largest absolute Gasteiger partial charge is 0.494 e. The van der Waals surface area contributed by atoms with Crippen molar-refractivity contribution in [2.45, 2.75) is 104 Å². The molecule has 0 saturated heterocycles. The summed E-state index contributed by atoms with van der Waals surface area (Å²) in [6.07, 6.45) is 20.1. The van der Waals surface area contributed by atoms with E-state index in [9.17, 15) is 4.79 Å². The third-order valence-electron chi connectivity index (χ3n) is 7.71. The maximum Gasteiger partial charge on any atom is 0.255 e. The number of aromatic nitrogens is 1. The Labute approximate surface area is 253 Å². The van der Waals surface area contributed by atoms with Crippen LogP contribution in [0.1, 0.15) is 111 Å². The number of carbonyl (C=O) groups is 1. The van der Waals surface area contributed by atoms with E-state index in [-0.39, 0.29) is 5.91 Å². The van der Waals surface area contributed by atoms with E-state index in [2.05, 4.69) is 26.0 Å². The molecule has 3 rings (SSSR count). The van der Waals surface area contributed by atoms with Gasteiger partial charge in [-0.15, -0.1) is 0 Å². The third kappa shape index (κ3) is 11.9. The van der Waals surface area contributed by atoms with Gasteiger partial charge in [-0.1, -0.05) is 107 Å². The molecule has 2 aromatic carbocycles. The zero-order valence-corrected chi connectivity index (χ0v) is 26.3. The van der Waals surface area contributed by atoms with Crippen molar-refractivity contribution in [1.82, 2.24) is 4.90 Å². The molecule has 4 nitrogen and oxygen atoms in total. The minimum Gasteiger partial charge on any atom is -0.494 e. The average Bonchev–Trinajstić information content (AvgIpc) is 2.96. The lowest BCUT2D eigenvalue weighted by Crippen LogP contribution is -2.33. The summed E-state index contributed by atoms with van der Waals surface area (Å²) in [6.45, 7) is 6.10. The Morgan fingerprint density at radius 1 is 0.829 bits per heavy atom. The van der Waals surface area contributed by atoms with E-state index in [4.69, 9.17) is 16.3 Å². The molecule has 1 aromatic heterocycles. The number of halogens is 1. The molecule has 41 heavy (non-hydrogen) atoms. The van der Waals surface area contributed by atoms with Crippen LogP contribution in [0.2, 0.25) is 5.02 Å². The number of amides is 1. The van der Waals surface area contributed by atoms with Crippen molar-refractivity contribution in [2.24, 2.45) is 7.05 Å². The number of hydrogen-bond donors (Lipinski definition) is 0. The first-order valence-electron chi connectivity index (χ1n) is 15.7. The number of pyridine rings is 1. The lowest BCUT2D eigenvalue weighted by atomic mass is 10.1. The van der Waals surface area contributed by atoms with Gasteiger partial charge in [-0.05, 0) is 54.8 Å². The van der Waals surface area contributed by atoms with Gasteiger partial charge in [0.1, 0.15) is 12.8 Å². The molecule has 0 aliphatic rings. The molecule has 222 valence electrons. The quantitative estimate of drug-likeness (QED) is 0.105. The van der Waals surface area contributed by atoms with Crippen LogP contribution in [0.15, 0.2) is 67.0 Å². The first kappa shape index (κ1) is 32.7. The minimum absolute atomic E-state index is 0.0752. The molecular weight excluding hydrogens is 528 g/mol. The molecule has 0 aliphatic heterocycles. The van der Waals surface area contributed by atoms with Crippen molar-refractivity contribution in [1.29, 1.82) is 0 Å². The minimum atomic E-state index is -0.0752. The van der Waals surface area contributed by atoms with Crippen molar-refractivity contribution < 1.29 is 14.1 Å². The van der Waals surface area contributed by atoms with Gasteiger partial charge in [0.2, 0.25) is 0 Å². The summed E-state index contributed by atoms with van der Waals surface area (Å²) in [6, 6.07) is 17.5. The number of benzene rings is 2. The molecule has 0 unspecified atom stereocenters. The fourth-order valence-corrected chi connectivity index (χ4v) is 5.46. The van der Waals surface area contributed by atoms with Crippen LogP contribution >= 0.6 is 11.6 Å². The molecule has 0 aliphatic carbocycles. The Bertz CT molecular complexity index is 1200. The van der Waals surface area contributed by atoms with Crippen molar-refractivity contribution >= 4 is 17.5 Å². The molecule has 1 amide bonds. The molecule has 1 heterocycles. The molecule has 0 radical (unpaired) electrons. The first-order valence-corrected chi connectivity index (χ1v) is 16.1. The predicted octanol–water partition coefficient (Wildman–Crippen LogP) is 9.40. The molecule has 0 fully saturated rings. The maximum absolute atomic E-state index is 13.6. The van der Waals surface area contributed by atoms with Crippen molar-refractivity contribution in [3.05, 3.63) is 94.3 Å². The highest BCUT2D eigenvalue weighted by molar-refractivity contribution is 6.33. The Balaban J connectivity index is 1.47. The number of ether oxygens (including phenoxy) is 1. The van der Waals surface area contributed by atoms with Gasteiger partial charge in [-0.25, -0.2) is 4.57 Å². The van der Waals surface area contributed by atoms with Crippen LogP contribution in [-0.2, 0) is 20.1 Å². The van der Waals surface area contributed by atoms with Gasteiger partial charge in [-0.2, -0.15) is 0 Å². The smallest absolute Gasteiger partial charge is 0.255 e. The molecule has 0 atom stereocenters. The van der Waals surface area contributed by atoms with E-state index in [1.165, 1.54) is 70.6 Å². The Kier molecular flexibility index (Phi) is 14.8. The second kappa shape index (κ2) is 18.6. The summed E-state index contributed by atoms with van der Waals surface area (Å²) in [5.41, 5.74) is 3.81. The van der Waals surface area contributed by atoms with Crippen LogP contribution in [0.3, 0.4) is 0 Å². The zero-order valence-electron chi connectivity index (χ0n) is 25.5. The molecule has 0 bridgehead atoms. The number of rotatable bonds is 19. The van der Waals surface area contributed by atoms with Crippen molar-refractivity contribution in [2.75, 3.05) is 6.61 Å². The summed E-state index contributed by atoms with van der Waals surface area (Å²) >= 11 is 6.41. The van der Waals surface area contributed by atoms with Gasteiger partial charge in [0.15, 0.2) is 12.4 Å². The van der Waals surface area contributed by atoms with E-state index in [0.29, 0.717) is 23.7 Å². The van der Waals surface area contributed by atoms with E-state index in [1.54, 1.807) is 12.1 Å². The van der Waals surface area contributed by atoms with E-state index < -0.39 is 0 Å². The second-order valence-electron chi connectivity index (χ2n) is 11.3. The van der Waals surface area contributed by atoms with Crippen LogP contribution in [-0.4, -0.2) is 17.4 Å². The molecule has 0 saturated carbocycles. The van der Waals surface area contributed by atoms with Gasteiger partial charge in [0, 0.05) is 18.2 Å². The van der Waals surface area contributed by atoms with Crippen LogP contribution in [0, 0.1) is 6.92 Å². The van der Waals surface area contributed by atoms with Gasteiger partial charge in [0.05, 0.1) is 23.7 Å². The van der Waals surface area contributed by atoms with Crippen molar-refractivity contribution in [3.8, 4) is 5.75 Å². The van der Waals surface area contributed by atoms with Gasteiger partial charge >= 0.3 is 0 Å². The number of aryl methyl sites for hydroxylation is 2. The highest BCUT2D eigenvalue weighted by atomic mass is 35.5. The van der Waals surface area contributed by atoms with Crippen LogP contribution in [0.4, 0.5) is 0 Å². The number of carbonyl (C=O) groups excluding carboxylic acids is 1. The average molecular weight is 578 g/mol. The van der Waals surface area contributed by atoms with Crippen molar-refractivity contribution in [3.63, 3.8) is 0 Å². The van der Waals surface area contributed by atoms with Crippen LogP contribution in [0.25, 0.3) is 0 Å². The Hall–Kier alpha value is -2.85. The molecule has 0 spiro atoms. The van der Waals surface area contributed by atoms with Crippen LogP contribution in [0.5, 0.6) is 5.75 Å². The van der Waals surface area contributed by atoms with E-state index in [0.717, 1.165) is 35.5 Å². The van der Waals surface area contributed by atoms with E-state index in [1.807, 2.05) is 59.2 Å². The summed E-state index contributed by atoms with van der Waals surface area (Å²) in [4.78, 5) is 15.5. The van der Waals surface area contributed by atoms with Gasteiger partial charge in [0.25, 0.3) is 5.91 Å². The highest BCUT2D eigenvalue weighted by Crippen LogP contribution is 2.23. The topological polar surface area (TPSA) is 33.4 Å². The van der Waals surface area contributed by atoms with Crippen LogP contribution < -0.4 is 9.30 Å². The molecular formula is C36H50ClN2O2+.